The highest BCUT2D eigenvalue weighted by molar-refractivity contribution is 8.18. The molecule has 0 bridgehead atoms. The maximum absolute atomic E-state index is 12.8. The summed E-state index contributed by atoms with van der Waals surface area (Å²) in [6.45, 7) is 0.343. The van der Waals surface area contributed by atoms with Crippen LogP contribution in [0.5, 0.6) is 5.75 Å². The number of halogens is 1. The summed E-state index contributed by atoms with van der Waals surface area (Å²) < 4.78 is 5.82. The molecule has 9 heteroatoms. The summed E-state index contributed by atoms with van der Waals surface area (Å²) >= 11 is 7.02. The molecule has 0 aliphatic carbocycles. The smallest absolute Gasteiger partial charge is 0.293 e. The van der Waals surface area contributed by atoms with Crippen LogP contribution < -0.4 is 4.74 Å². The van der Waals surface area contributed by atoms with Gasteiger partial charge in [0.05, 0.1) is 16.4 Å². The molecule has 0 N–H and O–H groups in total. The third-order valence-corrected chi connectivity index (χ3v) is 6.15. The first-order valence-corrected chi connectivity index (χ1v) is 11.0. The summed E-state index contributed by atoms with van der Waals surface area (Å²) in [6.07, 6.45) is 1.64. The Kier molecular flexibility index (Phi) is 6.76. The number of carbonyl (C=O) groups excluding carboxylic acids is 2. The van der Waals surface area contributed by atoms with Gasteiger partial charge in [0.15, 0.2) is 0 Å². The first-order valence-electron chi connectivity index (χ1n) is 9.86. The first-order chi connectivity index (χ1) is 15.9. The van der Waals surface area contributed by atoms with E-state index in [1.54, 1.807) is 30.3 Å². The van der Waals surface area contributed by atoms with Crippen molar-refractivity contribution in [2.24, 2.45) is 0 Å². The lowest BCUT2D eigenvalue weighted by atomic mass is 10.2. The minimum absolute atomic E-state index is 0.0426. The van der Waals surface area contributed by atoms with Gasteiger partial charge in [-0.05, 0) is 47.2 Å². The molecule has 1 fully saturated rings. The molecule has 0 radical (unpaired) electrons. The zero-order chi connectivity index (χ0) is 23.4. The number of benzene rings is 3. The molecule has 0 unspecified atom stereocenters. The van der Waals surface area contributed by atoms with Gasteiger partial charge in [0.1, 0.15) is 12.4 Å². The Hall–Kier alpha value is -3.62. The number of non-ortho nitro benzene ring substituents is 1. The second-order valence-corrected chi connectivity index (χ2v) is 8.54. The number of amides is 2. The van der Waals surface area contributed by atoms with E-state index in [-0.39, 0.29) is 12.2 Å². The van der Waals surface area contributed by atoms with E-state index in [1.165, 1.54) is 24.3 Å². The summed E-state index contributed by atoms with van der Waals surface area (Å²) in [5.74, 6) is 0.194. The van der Waals surface area contributed by atoms with Gasteiger partial charge in [-0.2, -0.15) is 0 Å². The lowest BCUT2D eigenvalue weighted by Crippen LogP contribution is -2.27. The number of hydrogen-bond acceptors (Lipinski definition) is 6. The molecule has 4 rings (SSSR count). The van der Waals surface area contributed by atoms with Crippen molar-refractivity contribution in [1.82, 2.24) is 4.90 Å². The largest absolute Gasteiger partial charge is 0.489 e. The Bertz CT molecular complexity index is 1260. The highest BCUT2D eigenvalue weighted by Crippen LogP contribution is 2.34. The van der Waals surface area contributed by atoms with Gasteiger partial charge < -0.3 is 4.74 Å². The van der Waals surface area contributed by atoms with Crippen molar-refractivity contribution in [3.63, 3.8) is 0 Å². The number of imide groups is 1. The first kappa shape index (κ1) is 22.6. The van der Waals surface area contributed by atoms with Crippen molar-refractivity contribution in [3.8, 4) is 5.75 Å². The van der Waals surface area contributed by atoms with Crippen LogP contribution in [-0.2, 0) is 17.9 Å². The molecule has 7 nitrogen and oxygen atoms in total. The predicted molar refractivity (Wildman–Crippen MR) is 127 cm³/mol. The van der Waals surface area contributed by atoms with Crippen molar-refractivity contribution < 1.29 is 19.2 Å². The summed E-state index contributed by atoms with van der Waals surface area (Å²) in [6, 6.07) is 20.4. The molecule has 0 atom stereocenters. The monoisotopic (exact) mass is 480 g/mol. The fraction of sp³-hybridized carbons (Fsp3) is 0.0833. The lowest BCUT2D eigenvalue weighted by Gasteiger charge is -2.12. The standard InChI is InChI=1S/C24H17ClN2O5S/c25-21-7-2-1-5-18(21)15-32-20-6-3-4-17(12-20)13-22-23(28)26(24(29)33-22)14-16-8-10-19(11-9-16)27(30)31/h1-13H,14-15H2/b22-13+. The van der Waals surface area contributed by atoms with Crippen molar-refractivity contribution in [2.45, 2.75) is 13.2 Å². The number of nitrogens with zero attached hydrogens (tertiary/aromatic N) is 2. The van der Waals surface area contributed by atoms with Crippen LogP contribution in [0.15, 0.2) is 77.7 Å². The number of nitro benzene ring substituents is 1. The Morgan fingerprint density at radius 1 is 1.03 bits per heavy atom. The molecule has 1 heterocycles. The molecule has 3 aromatic carbocycles. The van der Waals surface area contributed by atoms with E-state index in [0.29, 0.717) is 33.4 Å². The number of nitro groups is 1. The molecule has 3 aromatic rings. The average molecular weight is 481 g/mol. The van der Waals surface area contributed by atoms with Crippen LogP contribution in [0, 0.1) is 10.1 Å². The van der Waals surface area contributed by atoms with Gasteiger partial charge in [0.25, 0.3) is 16.8 Å². The van der Waals surface area contributed by atoms with Gasteiger partial charge in [-0.3, -0.25) is 24.6 Å². The summed E-state index contributed by atoms with van der Waals surface area (Å²) in [7, 11) is 0. The number of carbonyl (C=O) groups is 2. The number of thioether (sulfide) groups is 1. The van der Waals surface area contributed by atoms with Crippen LogP contribution in [0.2, 0.25) is 5.02 Å². The number of ether oxygens (including phenoxy) is 1. The predicted octanol–water partition coefficient (Wildman–Crippen LogP) is 6.06. The minimum Gasteiger partial charge on any atom is -0.489 e. The maximum Gasteiger partial charge on any atom is 0.293 e. The van der Waals surface area contributed by atoms with Crippen molar-refractivity contribution in [1.29, 1.82) is 0 Å². The van der Waals surface area contributed by atoms with Gasteiger partial charge in [-0.15, -0.1) is 0 Å². The molecular weight excluding hydrogens is 464 g/mol. The second kappa shape index (κ2) is 9.89. The summed E-state index contributed by atoms with van der Waals surface area (Å²) in [5.41, 5.74) is 2.15. The summed E-state index contributed by atoms with van der Waals surface area (Å²) in [4.78, 5) is 36.9. The Balaban J connectivity index is 1.45. The van der Waals surface area contributed by atoms with Crippen molar-refractivity contribution >= 4 is 46.3 Å². The fourth-order valence-corrected chi connectivity index (χ4v) is 4.19. The molecular formula is C24H17ClN2O5S. The average Bonchev–Trinajstić information content (AvgIpc) is 3.06. The number of rotatable bonds is 7. The third kappa shape index (κ3) is 5.42. The third-order valence-electron chi connectivity index (χ3n) is 4.87. The van der Waals surface area contributed by atoms with E-state index >= 15 is 0 Å². The van der Waals surface area contributed by atoms with Crippen LogP contribution in [0.3, 0.4) is 0 Å². The molecule has 1 saturated heterocycles. The van der Waals surface area contributed by atoms with E-state index in [1.807, 2.05) is 24.3 Å². The van der Waals surface area contributed by atoms with E-state index in [2.05, 4.69) is 0 Å². The van der Waals surface area contributed by atoms with Crippen LogP contribution in [0.25, 0.3) is 6.08 Å². The minimum atomic E-state index is -0.501. The van der Waals surface area contributed by atoms with E-state index in [0.717, 1.165) is 22.2 Å². The molecule has 1 aliphatic rings. The maximum atomic E-state index is 12.8. The van der Waals surface area contributed by atoms with Gasteiger partial charge >= 0.3 is 0 Å². The molecule has 0 spiro atoms. The number of hydrogen-bond donors (Lipinski definition) is 0. The second-order valence-electron chi connectivity index (χ2n) is 7.14. The van der Waals surface area contributed by atoms with E-state index < -0.39 is 16.1 Å². The van der Waals surface area contributed by atoms with Crippen molar-refractivity contribution in [2.75, 3.05) is 0 Å². The molecule has 0 saturated carbocycles. The van der Waals surface area contributed by atoms with Crippen molar-refractivity contribution in [3.05, 3.63) is 110 Å². The summed E-state index contributed by atoms with van der Waals surface area (Å²) in [5, 5.41) is 11.0. The Morgan fingerprint density at radius 3 is 2.52 bits per heavy atom. The van der Waals surface area contributed by atoms with Gasteiger partial charge in [0, 0.05) is 22.7 Å². The normalized spacial score (nSPS) is 14.7. The molecule has 1 aliphatic heterocycles. The lowest BCUT2D eigenvalue weighted by molar-refractivity contribution is -0.384. The van der Waals surface area contributed by atoms with E-state index in [9.17, 15) is 19.7 Å². The van der Waals surface area contributed by atoms with E-state index in [4.69, 9.17) is 16.3 Å². The zero-order valence-corrected chi connectivity index (χ0v) is 18.7. The quantitative estimate of drug-likeness (QED) is 0.232. The zero-order valence-electron chi connectivity index (χ0n) is 17.1. The highest BCUT2D eigenvalue weighted by atomic mass is 35.5. The van der Waals surface area contributed by atoms with Crippen LogP contribution >= 0.6 is 23.4 Å². The SMILES string of the molecule is O=C1S/C(=C/c2cccc(OCc3ccccc3Cl)c2)C(=O)N1Cc1ccc([N+](=O)[O-])cc1. The molecule has 2 amide bonds. The molecule has 0 aromatic heterocycles. The fourth-order valence-electron chi connectivity index (χ4n) is 3.16. The van der Waals surface area contributed by atoms with Gasteiger partial charge in [0.2, 0.25) is 0 Å². The van der Waals surface area contributed by atoms with Gasteiger partial charge in [-0.25, -0.2) is 0 Å². The van der Waals surface area contributed by atoms with Crippen LogP contribution in [0.1, 0.15) is 16.7 Å². The van der Waals surface area contributed by atoms with Crippen LogP contribution in [-0.4, -0.2) is 21.0 Å². The highest BCUT2D eigenvalue weighted by Gasteiger charge is 2.35. The molecule has 166 valence electrons. The van der Waals surface area contributed by atoms with Crippen LogP contribution in [0.4, 0.5) is 10.5 Å². The van der Waals surface area contributed by atoms with Gasteiger partial charge in [-0.1, -0.05) is 54.1 Å². The Morgan fingerprint density at radius 2 is 1.79 bits per heavy atom. The topological polar surface area (TPSA) is 89.8 Å². The molecule has 33 heavy (non-hydrogen) atoms. The Labute approximate surface area is 198 Å².